The van der Waals surface area contributed by atoms with Crippen LogP contribution in [0.25, 0.3) is 0 Å². The van der Waals surface area contributed by atoms with Crippen molar-refractivity contribution >= 4 is 11.8 Å². The summed E-state index contributed by atoms with van der Waals surface area (Å²) in [4.78, 5) is 0. The van der Waals surface area contributed by atoms with Gasteiger partial charge in [0.15, 0.2) is 0 Å². The number of rotatable bonds is 5. The summed E-state index contributed by atoms with van der Waals surface area (Å²) in [6.07, 6.45) is 14.2. The monoisotopic (exact) mass is 265 g/mol. The van der Waals surface area contributed by atoms with E-state index in [2.05, 4.69) is 23.2 Å². The van der Waals surface area contributed by atoms with E-state index in [4.69, 9.17) is 0 Å². The second-order valence-corrected chi connectivity index (χ2v) is 7.51. The standard InChI is InChI=1S/C16H27NS/c1-2-4-14(5-3-1)15(11-17-16-6-7-16)10-13-8-9-18-12-13/h10,13-14,16-17H,1-9,11-12H2. The zero-order valence-corrected chi connectivity index (χ0v) is 12.3. The lowest BCUT2D eigenvalue weighted by Gasteiger charge is -2.26. The van der Waals surface area contributed by atoms with Crippen molar-refractivity contribution in [3.63, 3.8) is 0 Å². The van der Waals surface area contributed by atoms with Gasteiger partial charge in [-0.25, -0.2) is 0 Å². The van der Waals surface area contributed by atoms with Gasteiger partial charge >= 0.3 is 0 Å². The van der Waals surface area contributed by atoms with Crippen LogP contribution in [0, 0.1) is 11.8 Å². The molecule has 0 amide bonds. The van der Waals surface area contributed by atoms with Gasteiger partial charge in [0.2, 0.25) is 0 Å². The third-order valence-electron chi connectivity index (χ3n) is 4.72. The van der Waals surface area contributed by atoms with Gasteiger partial charge in [-0.15, -0.1) is 0 Å². The molecule has 1 N–H and O–H groups in total. The van der Waals surface area contributed by atoms with Crippen LogP contribution in [-0.4, -0.2) is 24.1 Å². The van der Waals surface area contributed by atoms with E-state index >= 15 is 0 Å². The van der Waals surface area contributed by atoms with Gasteiger partial charge in [0, 0.05) is 12.6 Å². The summed E-state index contributed by atoms with van der Waals surface area (Å²) in [5, 5.41) is 3.75. The Bertz CT molecular complexity index is 283. The molecule has 1 atom stereocenters. The molecule has 0 spiro atoms. The number of nitrogens with one attached hydrogen (secondary N) is 1. The van der Waals surface area contributed by atoms with Gasteiger partial charge in [-0.05, 0) is 55.4 Å². The van der Waals surface area contributed by atoms with E-state index in [0.717, 1.165) is 17.9 Å². The molecule has 18 heavy (non-hydrogen) atoms. The van der Waals surface area contributed by atoms with Crippen LogP contribution >= 0.6 is 11.8 Å². The van der Waals surface area contributed by atoms with Crippen LogP contribution in [0.15, 0.2) is 11.6 Å². The van der Waals surface area contributed by atoms with Crippen LogP contribution < -0.4 is 5.32 Å². The Kier molecular flexibility index (Phi) is 4.69. The first-order valence-corrected chi connectivity index (χ1v) is 9.09. The Balaban J connectivity index is 1.60. The number of allylic oxidation sites excluding steroid dienone is 1. The molecule has 1 heterocycles. The highest BCUT2D eigenvalue weighted by Crippen LogP contribution is 2.33. The highest BCUT2D eigenvalue weighted by atomic mass is 32.2. The minimum Gasteiger partial charge on any atom is -0.310 e. The van der Waals surface area contributed by atoms with Gasteiger partial charge in [0.25, 0.3) is 0 Å². The van der Waals surface area contributed by atoms with Crippen molar-refractivity contribution in [1.82, 2.24) is 5.32 Å². The highest BCUT2D eigenvalue weighted by Gasteiger charge is 2.24. The second-order valence-electron chi connectivity index (χ2n) is 6.36. The smallest absolute Gasteiger partial charge is 0.0170 e. The summed E-state index contributed by atoms with van der Waals surface area (Å²) in [7, 11) is 0. The molecule has 3 rings (SSSR count). The van der Waals surface area contributed by atoms with Crippen molar-refractivity contribution in [3.8, 4) is 0 Å². The zero-order chi connectivity index (χ0) is 12.2. The first-order chi connectivity index (χ1) is 8.92. The van der Waals surface area contributed by atoms with Crippen LogP contribution in [0.4, 0.5) is 0 Å². The summed E-state index contributed by atoms with van der Waals surface area (Å²) in [6.45, 7) is 1.19. The Morgan fingerprint density at radius 2 is 1.89 bits per heavy atom. The summed E-state index contributed by atoms with van der Waals surface area (Å²) in [6, 6.07) is 0.856. The molecule has 0 aromatic carbocycles. The van der Waals surface area contributed by atoms with Crippen LogP contribution in [-0.2, 0) is 0 Å². The third kappa shape index (κ3) is 3.77. The lowest BCUT2D eigenvalue weighted by Crippen LogP contribution is -2.24. The van der Waals surface area contributed by atoms with Gasteiger partial charge in [0.1, 0.15) is 0 Å². The van der Waals surface area contributed by atoms with Crippen LogP contribution in [0.2, 0.25) is 0 Å². The molecule has 3 aliphatic rings. The average molecular weight is 265 g/mol. The maximum atomic E-state index is 3.75. The number of hydrogen-bond donors (Lipinski definition) is 1. The van der Waals surface area contributed by atoms with Gasteiger partial charge < -0.3 is 5.32 Å². The first-order valence-electron chi connectivity index (χ1n) is 7.93. The quantitative estimate of drug-likeness (QED) is 0.754. The molecule has 102 valence electrons. The maximum absolute atomic E-state index is 3.75. The summed E-state index contributed by atoms with van der Waals surface area (Å²) >= 11 is 2.14. The molecule has 1 nitrogen and oxygen atoms in total. The minimum absolute atomic E-state index is 0.856. The average Bonchev–Trinajstić information content (AvgIpc) is 3.11. The Hall–Kier alpha value is 0.0500. The van der Waals surface area contributed by atoms with Crippen molar-refractivity contribution in [2.24, 2.45) is 11.8 Å². The van der Waals surface area contributed by atoms with E-state index < -0.39 is 0 Å². The molecule has 2 saturated carbocycles. The van der Waals surface area contributed by atoms with E-state index in [1.54, 1.807) is 5.57 Å². The normalized spacial score (nSPS) is 30.9. The summed E-state index contributed by atoms with van der Waals surface area (Å²) in [5.74, 6) is 4.55. The molecule has 2 aliphatic carbocycles. The van der Waals surface area contributed by atoms with E-state index in [1.165, 1.54) is 69.4 Å². The summed E-state index contributed by atoms with van der Waals surface area (Å²) in [5.41, 5.74) is 1.77. The highest BCUT2D eigenvalue weighted by molar-refractivity contribution is 7.99. The van der Waals surface area contributed by atoms with Gasteiger partial charge in [-0.3, -0.25) is 0 Å². The molecule has 0 radical (unpaired) electrons. The Morgan fingerprint density at radius 1 is 1.06 bits per heavy atom. The molecule has 1 unspecified atom stereocenters. The third-order valence-corrected chi connectivity index (χ3v) is 5.90. The topological polar surface area (TPSA) is 12.0 Å². The predicted molar refractivity (Wildman–Crippen MR) is 81.1 cm³/mol. The van der Waals surface area contributed by atoms with Crippen molar-refractivity contribution in [2.45, 2.75) is 57.4 Å². The zero-order valence-electron chi connectivity index (χ0n) is 11.5. The lowest BCUT2D eigenvalue weighted by molar-refractivity contribution is 0.392. The van der Waals surface area contributed by atoms with Crippen molar-refractivity contribution in [2.75, 3.05) is 18.1 Å². The van der Waals surface area contributed by atoms with E-state index in [9.17, 15) is 0 Å². The van der Waals surface area contributed by atoms with Crippen molar-refractivity contribution in [1.29, 1.82) is 0 Å². The van der Waals surface area contributed by atoms with E-state index in [-0.39, 0.29) is 0 Å². The fraction of sp³-hybridized carbons (Fsp3) is 0.875. The predicted octanol–water partition coefficient (Wildman–Crippen LogP) is 4.00. The SMILES string of the molecule is C(=C(CNC1CC1)C1CCCCC1)C1CCSC1. The minimum atomic E-state index is 0.856. The molecule has 1 aliphatic heterocycles. The molecule has 1 saturated heterocycles. The second kappa shape index (κ2) is 6.47. The van der Waals surface area contributed by atoms with Crippen molar-refractivity contribution in [3.05, 3.63) is 11.6 Å². The first kappa shape index (κ1) is 13.1. The molecule has 0 bridgehead atoms. The molecule has 0 aromatic rings. The van der Waals surface area contributed by atoms with E-state index in [0.29, 0.717) is 0 Å². The van der Waals surface area contributed by atoms with Crippen LogP contribution in [0.3, 0.4) is 0 Å². The number of hydrogen-bond acceptors (Lipinski definition) is 2. The summed E-state index contributed by atoms with van der Waals surface area (Å²) < 4.78 is 0. The molecule has 0 aromatic heterocycles. The molecular formula is C16H27NS. The fourth-order valence-electron chi connectivity index (χ4n) is 3.35. The largest absolute Gasteiger partial charge is 0.310 e. The van der Waals surface area contributed by atoms with Crippen LogP contribution in [0.1, 0.15) is 51.4 Å². The lowest BCUT2D eigenvalue weighted by atomic mass is 9.82. The Labute approximate surface area is 116 Å². The van der Waals surface area contributed by atoms with E-state index in [1.807, 2.05) is 0 Å². The fourth-order valence-corrected chi connectivity index (χ4v) is 4.55. The van der Waals surface area contributed by atoms with Crippen molar-refractivity contribution < 1.29 is 0 Å². The Morgan fingerprint density at radius 3 is 2.56 bits per heavy atom. The molecule has 2 heteroatoms. The maximum Gasteiger partial charge on any atom is 0.0170 e. The van der Waals surface area contributed by atoms with Gasteiger partial charge in [-0.2, -0.15) is 11.8 Å². The number of thioether (sulfide) groups is 1. The van der Waals surface area contributed by atoms with Crippen LogP contribution in [0.5, 0.6) is 0 Å². The molecular weight excluding hydrogens is 238 g/mol. The molecule has 3 fully saturated rings. The van der Waals surface area contributed by atoms with Gasteiger partial charge in [-0.1, -0.05) is 30.9 Å². The van der Waals surface area contributed by atoms with Gasteiger partial charge in [0.05, 0.1) is 0 Å².